The van der Waals surface area contributed by atoms with Crippen LogP contribution in [-0.2, 0) is 0 Å². The molecule has 0 N–H and O–H groups in total. The number of rotatable bonds is 1. The second-order valence-electron chi connectivity index (χ2n) is 4.39. The molecule has 0 bridgehead atoms. The molecular weight excluding hydrogens is 207 g/mol. The van der Waals surface area contributed by atoms with Gasteiger partial charge in [0, 0.05) is 0 Å². The molecule has 62 valence electrons. The van der Waals surface area contributed by atoms with E-state index in [9.17, 15) is 0 Å². The van der Waals surface area contributed by atoms with Crippen molar-refractivity contribution < 1.29 is 0 Å². The molecule has 0 amide bonds. The fraction of sp³-hybridized carbons (Fsp3) is 1.00. The van der Waals surface area contributed by atoms with Gasteiger partial charge in [-0.25, -0.2) is 0 Å². The third kappa shape index (κ3) is 8.87. The van der Waals surface area contributed by atoms with Crippen molar-refractivity contribution in [3.8, 4) is 0 Å². The fourth-order valence-electron chi connectivity index (χ4n) is 0.250. The van der Waals surface area contributed by atoms with E-state index in [1.54, 1.807) is 0 Å². The van der Waals surface area contributed by atoms with Gasteiger partial charge in [-0.2, -0.15) is 0 Å². The summed E-state index contributed by atoms with van der Waals surface area (Å²) in [6.45, 7) is 13.8. The Labute approximate surface area is 74.8 Å². The van der Waals surface area contributed by atoms with Crippen LogP contribution in [0.4, 0.5) is 0 Å². The summed E-state index contributed by atoms with van der Waals surface area (Å²) in [5.74, 6) is 0. The monoisotopic (exact) mass is 226 g/mol. The van der Waals surface area contributed by atoms with Crippen LogP contribution in [0.5, 0.6) is 0 Å². The van der Waals surface area contributed by atoms with Gasteiger partial charge < -0.3 is 0 Å². The summed E-state index contributed by atoms with van der Waals surface area (Å²) in [6.07, 6.45) is 0. The summed E-state index contributed by atoms with van der Waals surface area (Å²) in [5.41, 5.74) is 0. The average molecular weight is 225 g/mol. The van der Waals surface area contributed by atoms with Gasteiger partial charge in [0.2, 0.25) is 0 Å². The van der Waals surface area contributed by atoms with Crippen LogP contribution in [0.15, 0.2) is 0 Å². The molecule has 0 aromatic rings. The molecule has 0 nitrogen and oxygen atoms in total. The third-order valence-electron chi connectivity index (χ3n) is 0.542. The first-order valence-corrected chi connectivity index (χ1v) is 7.27. The second kappa shape index (κ2) is 3.51. The van der Waals surface area contributed by atoms with Crippen LogP contribution < -0.4 is 0 Å². The molecule has 0 saturated carbocycles. The minimum absolute atomic E-state index is 0.452. The molecule has 0 aliphatic rings. The summed E-state index contributed by atoms with van der Waals surface area (Å²) in [5, 5.41) is 0. The van der Waals surface area contributed by atoms with Crippen molar-refractivity contribution in [3.63, 3.8) is 0 Å². The molecular formula is C8H18SSe. The minimum atomic E-state index is 0.452. The molecule has 0 aromatic carbocycles. The van der Waals surface area contributed by atoms with Crippen molar-refractivity contribution in [2.75, 3.05) is 0 Å². The van der Waals surface area contributed by atoms with Crippen molar-refractivity contribution in [2.24, 2.45) is 0 Å². The summed E-state index contributed by atoms with van der Waals surface area (Å²) in [4.78, 5) is 0. The van der Waals surface area contributed by atoms with Crippen LogP contribution in [0.25, 0.3) is 0 Å². The van der Waals surface area contributed by atoms with Gasteiger partial charge in [0.05, 0.1) is 0 Å². The topological polar surface area (TPSA) is 0 Å². The van der Waals surface area contributed by atoms with E-state index < -0.39 is 0 Å². The zero-order valence-electron chi connectivity index (χ0n) is 7.82. The van der Waals surface area contributed by atoms with Gasteiger partial charge in [-0.15, -0.1) is 0 Å². The van der Waals surface area contributed by atoms with Crippen LogP contribution in [0.3, 0.4) is 0 Å². The summed E-state index contributed by atoms with van der Waals surface area (Å²) in [6, 6.07) is 0. The van der Waals surface area contributed by atoms with E-state index >= 15 is 0 Å². The van der Waals surface area contributed by atoms with Gasteiger partial charge in [0.1, 0.15) is 0 Å². The molecule has 0 saturated heterocycles. The number of hydrogen-bond acceptors (Lipinski definition) is 1. The SMILES string of the molecule is CC(C)(C)S[Se]C(C)(C)C. The molecule has 10 heavy (non-hydrogen) atoms. The Bertz CT molecular complexity index is 82.8. The van der Waals surface area contributed by atoms with Crippen LogP contribution in [0.1, 0.15) is 41.5 Å². The van der Waals surface area contributed by atoms with E-state index in [2.05, 4.69) is 51.7 Å². The van der Waals surface area contributed by atoms with Crippen molar-refractivity contribution in [2.45, 2.75) is 50.6 Å². The van der Waals surface area contributed by atoms with Gasteiger partial charge in [0.15, 0.2) is 0 Å². The second-order valence-corrected chi connectivity index (χ2v) is 10.6. The Morgan fingerprint density at radius 2 is 1.30 bits per heavy atom. The molecule has 0 fully saturated rings. The van der Waals surface area contributed by atoms with E-state index in [4.69, 9.17) is 0 Å². The molecule has 0 atom stereocenters. The third-order valence-corrected chi connectivity index (χ3v) is 8.44. The maximum absolute atomic E-state index is 2.31. The standard InChI is InChI=1S/C8H18SSe/c1-7(2,3)9-10-8(4,5)6/h1-6H3. The average Bonchev–Trinajstić information content (AvgIpc) is 1.57. The van der Waals surface area contributed by atoms with E-state index in [0.29, 0.717) is 22.9 Å². The molecule has 0 aliphatic carbocycles. The Balaban J connectivity index is 3.56. The molecule has 0 heterocycles. The first-order valence-electron chi connectivity index (χ1n) is 3.57. The summed E-state index contributed by atoms with van der Waals surface area (Å²) >= 11 is 0.714. The van der Waals surface area contributed by atoms with Crippen molar-refractivity contribution >= 4 is 24.0 Å². The number of hydrogen-bond donors (Lipinski definition) is 0. The van der Waals surface area contributed by atoms with E-state index in [0.717, 1.165) is 0 Å². The molecule has 0 radical (unpaired) electrons. The van der Waals surface area contributed by atoms with E-state index in [1.165, 1.54) is 0 Å². The van der Waals surface area contributed by atoms with Gasteiger partial charge >= 0.3 is 74.6 Å². The van der Waals surface area contributed by atoms with Crippen LogP contribution in [0.2, 0.25) is 4.31 Å². The predicted octanol–water partition coefficient (Wildman–Crippen LogP) is 3.36. The summed E-state index contributed by atoms with van der Waals surface area (Å²) in [7, 11) is 2.10. The Morgan fingerprint density at radius 3 is 1.40 bits per heavy atom. The zero-order valence-corrected chi connectivity index (χ0v) is 10.3. The van der Waals surface area contributed by atoms with Crippen molar-refractivity contribution in [3.05, 3.63) is 0 Å². The Hall–Kier alpha value is 0.869. The van der Waals surface area contributed by atoms with E-state index in [-0.39, 0.29) is 0 Å². The maximum atomic E-state index is 2.31. The van der Waals surface area contributed by atoms with Gasteiger partial charge in [-0.3, -0.25) is 0 Å². The zero-order chi connectivity index (χ0) is 8.41. The Kier molecular flexibility index (Phi) is 3.82. The molecule has 0 aliphatic heterocycles. The summed E-state index contributed by atoms with van der Waals surface area (Å²) < 4.78 is 0.984. The van der Waals surface area contributed by atoms with Gasteiger partial charge in [-0.1, -0.05) is 0 Å². The molecule has 2 heteroatoms. The Morgan fingerprint density at radius 1 is 0.900 bits per heavy atom. The van der Waals surface area contributed by atoms with Crippen molar-refractivity contribution in [1.29, 1.82) is 0 Å². The van der Waals surface area contributed by atoms with E-state index in [1.807, 2.05) is 0 Å². The predicted molar refractivity (Wildman–Crippen MR) is 52.8 cm³/mol. The van der Waals surface area contributed by atoms with Crippen LogP contribution in [-0.4, -0.2) is 18.6 Å². The van der Waals surface area contributed by atoms with Crippen LogP contribution in [0, 0.1) is 0 Å². The quantitative estimate of drug-likeness (QED) is 0.617. The van der Waals surface area contributed by atoms with Crippen LogP contribution >= 0.6 is 10.2 Å². The molecule has 0 aromatic heterocycles. The van der Waals surface area contributed by atoms with Gasteiger partial charge in [0.25, 0.3) is 0 Å². The first kappa shape index (κ1) is 10.9. The molecule has 0 rings (SSSR count). The normalized spacial score (nSPS) is 13.8. The van der Waals surface area contributed by atoms with Crippen molar-refractivity contribution in [1.82, 2.24) is 0 Å². The fourth-order valence-corrected chi connectivity index (χ4v) is 3.90. The molecule has 0 unspecified atom stereocenters. The molecule has 0 spiro atoms. The first-order chi connectivity index (χ1) is 4.21. The van der Waals surface area contributed by atoms with Gasteiger partial charge in [-0.05, 0) is 0 Å².